The molecule has 0 aliphatic rings. The molecule has 0 aliphatic heterocycles. The van der Waals surface area contributed by atoms with E-state index in [-0.39, 0.29) is 41.5 Å². The van der Waals surface area contributed by atoms with Gasteiger partial charge in [0.05, 0.1) is 6.61 Å². The molecular weight excluding hydrogens is 368 g/mol. The Balaban J connectivity index is 2.24. The van der Waals surface area contributed by atoms with Crippen molar-refractivity contribution in [3.8, 4) is 0 Å². The van der Waals surface area contributed by atoms with E-state index in [0.717, 1.165) is 17.3 Å². The fourth-order valence-electron chi connectivity index (χ4n) is 2.61. The lowest BCUT2D eigenvalue weighted by Gasteiger charge is -2.14. The average molecular weight is 392 g/mol. The van der Waals surface area contributed by atoms with Crippen LogP contribution in [0.15, 0.2) is 15.5 Å². The van der Waals surface area contributed by atoms with Gasteiger partial charge in [0.1, 0.15) is 35.6 Å². The van der Waals surface area contributed by atoms with E-state index in [2.05, 4.69) is 15.6 Å². The Hall–Kier alpha value is -3.17. The van der Waals surface area contributed by atoms with Crippen LogP contribution in [0.25, 0.3) is 11.1 Å². The first-order chi connectivity index (χ1) is 13.3. The predicted octanol–water partition coefficient (Wildman–Crippen LogP) is 0.506. The van der Waals surface area contributed by atoms with Crippen LogP contribution in [0, 0.1) is 6.92 Å². The highest BCUT2D eigenvalue weighted by Gasteiger charge is 2.24. The van der Waals surface area contributed by atoms with Gasteiger partial charge in [0.15, 0.2) is 0 Å². The Bertz CT molecular complexity index is 945. The predicted molar refractivity (Wildman–Crippen MR) is 99.9 cm³/mol. The van der Waals surface area contributed by atoms with Crippen molar-refractivity contribution in [2.75, 3.05) is 13.2 Å². The second kappa shape index (κ2) is 9.16. The van der Waals surface area contributed by atoms with Crippen molar-refractivity contribution in [2.45, 2.75) is 46.7 Å². The van der Waals surface area contributed by atoms with Crippen LogP contribution in [0.4, 0.5) is 0 Å². The number of fused-ring (bicyclic) bond motifs is 1. The van der Waals surface area contributed by atoms with Gasteiger partial charge in [-0.05, 0) is 27.2 Å². The van der Waals surface area contributed by atoms with Gasteiger partial charge in [-0.15, -0.1) is 0 Å². The van der Waals surface area contributed by atoms with Crippen LogP contribution in [0.5, 0.6) is 0 Å². The fraction of sp³-hybridized carbons (Fsp3) is 0.500. The van der Waals surface area contributed by atoms with Gasteiger partial charge in [-0.25, -0.2) is 9.78 Å². The molecule has 10 nitrogen and oxygen atoms in total. The number of amides is 2. The number of esters is 1. The highest BCUT2D eigenvalue weighted by atomic mass is 16.5. The zero-order valence-electron chi connectivity index (χ0n) is 16.3. The van der Waals surface area contributed by atoms with Gasteiger partial charge in [-0.2, -0.15) is 0 Å². The molecule has 152 valence electrons. The summed E-state index contributed by atoms with van der Waals surface area (Å²) in [6.07, 6.45) is 1.93. The molecular formula is C18H24N4O6. The highest BCUT2D eigenvalue weighted by molar-refractivity contribution is 6.03. The van der Waals surface area contributed by atoms with Crippen molar-refractivity contribution in [3.63, 3.8) is 0 Å². The first kappa shape index (κ1) is 21.1. The van der Waals surface area contributed by atoms with Crippen molar-refractivity contribution in [2.24, 2.45) is 0 Å². The molecule has 2 aromatic rings. The lowest BCUT2D eigenvalue weighted by atomic mass is 10.2. The van der Waals surface area contributed by atoms with Crippen molar-refractivity contribution >= 4 is 28.9 Å². The van der Waals surface area contributed by atoms with Gasteiger partial charge in [-0.3, -0.25) is 19.0 Å². The number of hydrogen-bond donors (Lipinski definition) is 2. The molecule has 0 aliphatic carbocycles. The molecule has 0 unspecified atom stereocenters. The lowest BCUT2D eigenvalue weighted by Crippen LogP contribution is -2.46. The maximum atomic E-state index is 12.8. The Kier molecular flexibility index (Phi) is 6.91. The smallest absolute Gasteiger partial charge is 0.342 e. The third kappa shape index (κ3) is 4.56. The maximum absolute atomic E-state index is 12.8. The first-order valence-corrected chi connectivity index (χ1v) is 9.02. The van der Waals surface area contributed by atoms with E-state index in [4.69, 9.17) is 9.15 Å². The van der Waals surface area contributed by atoms with Gasteiger partial charge in [-0.1, -0.05) is 6.92 Å². The normalized spacial score (nSPS) is 11.9. The molecule has 1 atom stereocenters. The summed E-state index contributed by atoms with van der Waals surface area (Å²) in [5.41, 5.74) is -0.617. The number of nitrogens with zero attached hydrogens (tertiary/aromatic N) is 2. The Morgan fingerprint density at radius 1 is 1.32 bits per heavy atom. The summed E-state index contributed by atoms with van der Waals surface area (Å²) < 4.78 is 11.4. The number of furan rings is 1. The minimum absolute atomic E-state index is 0.00332. The van der Waals surface area contributed by atoms with Crippen molar-refractivity contribution in [1.29, 1.82) is 0 Å². The number of aromatic nitrogens is 2. The number of carbonyl (C=O) groups excluding carboxylic acids is 3. The highest BCUT2D eigenvalue weighted by Crippen LogP contribution is 2.21. The summed E-state index contributed by atoms with van der Waals surface area (Å²) in [5.74, 6) is -1.34. The van der Waals surface area contributed by atoms with Gasteiger partial charge < -0.3 is 19.8 Å². The number of hydrogen-bond acceptors (Lipinski definition) is 7. The molecule has 0 bridgehead atoms. The van der Waals surface area contributed by atoms with Crippen molar-refractivity contribution in [1.82, 2.24) is 20.2 Å². The third-order valence-electron chi connectivity index (χ3n) is 3.97. The summed E-state index contributed by atoms with van der Waals surface area (Å²) in [7, 11) is 0. The quantitative estimate of drug-likeness (QED) is 0.625. The minimum atomic E-state index is -0.752. The monoisotopic (exact) mass is 392 g/mol. The largest absolute Gasteiger partial charge is 0.462 e. The van der Waals surface area contributed by atoms with Gasteiger partial charge in [0.2, 0.25) is 17.5 Å². The number of aryl methyl sites for hydroxylation is 1. The molecule has 2 aromatic heterocycles. The second-order valence-electron chi connectivity index (χ2n) is 6.19. The maximum Gasteiger partial charge on any atom is 0.342 e. The molecule has 0 saturated carbocycles. The molecule has 2 amide bonds. The van der Waals surface area contributed by atoms with E-state index in [1.54, 1.807) is 13.8 Å². The molecule has 2 rings (SSSR count). The molecule has 0 aromatic carbocycles. The zero-order valence-corrected chi connectivity index (χ0v) is 16.3. The van der Waals surface area contributed by atoms with E-state index in [0.29, 0.717) is 6.54 Å². The summed E-state index contributed by atoms with van der Waals surface area (Å²) in [6, 6.07) is -0.752. The van der Waals surface area contributed by atoms with Gasteiger partial charge >= 0.3 is 5.97 Å². The Labute approximate surface area is 161 Å². The Morgan fingerprint density at radius 2 is 2.04 bits per heavy atom. The van der Waals surface area contributed by atoms with Crippen LogP contribution < -0.4 is 16.2 Å². The molecule has 0 radical (unpaired) electrons. The van der Waals surface area contributed by atoms with Gasteiger partial charge in [0.25, 0.3) is 5.56 Å². The van der Waals surface area contributed by atoms with E-state index in [9.17, 15) is 19.2 Å². The topological polar surface area (TPSA) is 133 Å². The number of ether oxygens (including phenoxy) is 1. The third-order valence-corrected chi connectivity index (χ3v) is 3.97. The van der Waals surface area contributed by atoms with Crippen LogP contribution in [0.1, 0.15) is 43.3 Å². The van der Waals surface area contributed by atoms with Crippen molar-refractivity contribution in [3.05, 3.63) is 28.0 Å². The van der Waals surface area contributed by atoms with E-state index < -0.39 is 23.5 Å². The fourth-order valence-corrected chi connectivity index (χ4v) is 2.61. The molecule has 28 heavy (non-hydrogen) atoms. The molecule has 10 heteroatoms. The van der Waals surface area contributed by atoms with Crippen LogP contribution in [-0.2, 0) is 20.9 Å². The zero-order chi connectivity index (χ0) is 20.8. The SMILES string of the molecule is CCCNC(=O)[C@H](C)NC(=O)Cn1cnc2oc(C)c(C(=O)OCC)c2c1=O. The molecule has 2 heterocycles. The van der Waals surface area contributed by atoms with E-state index >= 15 is 0 Å². The van der Waals surface area contributed by atoms with Gasteiger partial charge in [0, 0.05) is 6.54 Å². The average Bonchev–Trinajstić information content (AvgIpc) is 2.99. The second-order valence-corrected chi connectivity index (χ2v) is 6.19. The molecule has 0 fully saturated rings. The summed E-state index contributed by atoms with van der Waals surface area (Å²) in [6.45, 7) is 6.93. The van der Waals surface area contributed by atoms with E-state index in [1.807, 2.05) is 6.92 Å². The van der Waals surface area contributed by atoms with Crippen LogP contribution in [-0.4, -0.2) is 46.5 Å². The number of rotatable bonds is 8. The molecule has 0 spiro atoms. The van der Waals surface area contributed by atoms with Crippen LogP contribution >= 0.6 is 0 Å². The lowest BCUT2D eigenvalue weighted by molar-refractivity contribution is -0.128. The standard InChI is InChI=1S/C18H24N4O6/c1-5-7-19-15(24)10(3)21-12(23)8-22-9-20-16-14(17(22)25)13(11(4)28-16)18(26)27-6-2/h9-10H,5-8H2,1-4H3,(H,19,24)(H,21,23)/t10-/m0/s1. The van der Waals surface area contributed by atoms with Crippen molar-refractivity contribution < 1.29 is 23.5 Å². The molecule has 0 saturated heterocycles. The number of nitrogens with one attached hydrogen (secondary N) is 2. The van der Waals surface area contributed by atoms with Crippen LogP contribution in [0.3, 0.4) is 0 Å². The summed E-state index contributed by atoms with van der Waals surface area (Å²) >= 11 is 0. The summed E-state index contributed by atoms with van der Waals surface area (Å²) in [5, 5.41) is 5.15. The van der Waals surface area contributed by atoms with E-state index in [1.165, 1.54) is 6.92 Å². The minimum Gasteiger partial charge on any atom is -0.462 e. The van der Waals surface area contributed by atoms with Crippen LogP contribution in [0.2, 0.25) is 0 Å². The number of carbonyl (C=O) groups is 3. The molecule has 2 N–H and O–H groups in total. The first-order valence-electron chi connectivity index (χ1n) is 9.02. The summed E-state index contributed by atoms with van der Waals surface area (Å²) in [4.78, 5) is 53.0. The Morgan fingerprint density at radius 3 is 2.68 bits per heavy atom.